The van der Waals surface area contributed by atoms with E-state index in [1.807, 2.05) is 48.5 Å². The first kappa shape index (κ1) is 10.6. The lowest BCUT2D eigenvalue weighted by Gasteiger charge is -2.05. The molecular weight excluding hydrogens is 216 g/mol. The maximum absolute atomic E-state index is 5.63. The second-order valence-corrected chi connectivity index (χ2v) is 3.98. The van der Waals surface area contributed by atoms with Gasteiger partial charge in [0.05, 0.1) is 4.86 Å². The van der Waals surface area contributed by atoms with Gasteiger partial charge in [-0.15, -0.1) is 0 Å². The Morgan fingerprint density at radius 2 is 1.00 bits per heavy atom. The van der Waals surface area contributed by atoms with Crippen LogP contribution in [0.15, 0.2) is 48.5 Å². The van der Waals surface area contributed by atoms with E-state index >= 15 is 0 Å². The summed E-state index contributed by atoms with van der Waals surface area (Å²) in [7, 11) is 0. The summed E-state index contributed by atoms with van der Waals surface area (Å²) in [6, 6.07) is 15.1. The molecule has 2 rings (SSSR count). The predicted octanol–water partition coefficient (Wildman–Crippen LogP) is 2.62. The number of benzene rings is 2. The Morgan fingerprint density at radius 3 is 1.31 bits per heavy atom. The smallest absolute Gasteiger partial charge is 0.0521 e. The van der Waals surface area contributed by atoms with Crippen molar-refractivity contribution in [3.63, 3.8) is 0 Å². The maximum Gasteiger partial charge on any atom is 0.0521 e. The average molecular weight is 228 g/mol. The van der Waals surface area contributed by atoms with Crippen LogP contribution in [0.25, 0.3) is 0 Å². The summed E-state index contributed by atoms with van der Waals surface area (Å²) in [5.41, 5.74) is 14.7. The zero-order valence-electron chi connectivity index (χ0n) is 8.68. The molecule has 0 aliphatic carbocycles. The highest BCUT2D eigenvalue weighted by Crippen LogP contribution is 2.14. The van der Waals surface area contributed by atoms with E-state index in [0.717, 1.165) is 27.4 Å². The van der Waals surface area contributed by atoms with Crippen molar-refractivity contribution < 1.29 is 0 Å². The Kier molecular flexibility index (Phi) is 2.88. The van der Waals surface area contributed by atoms with E-state index in [1.54, 1.807) is 0 Å². The standard InChI is InChI=1S/C13H12N2S/c14-11-5-1-9(2-6-11)13(16)10-3-7-12(15)8-4-10/h1-8H,14-15H2. The molecule has 3 heteroatoms. The molecule has 0 unspecified atom stereocenters. The van der Waals surface area contributed by atoms with E-state index in [4.69, 9.17) is 23.7 Å². The highest BCUT2D eigenvalue weighted by atomic mass is 32.1. The molecule has 0 amide bonds. The van der Waals surface area contributed by atoms with Crippen molar-refractivity contribution in [2.45, 2.75) is 0 Å². The molecule has 16 heavy (non-hydrogen) atoms. The van der Waals surface area contributed by atoms with Gasteiger partial charge in [0.2, 0.25) is 0 Å². The molecule has 0 fully saturated rings. The van der Waals surface area contributed by atoms with Crippen LogP contribution in [0.2, 0.25) is 0 Å². The molecule has 0 bridgehead atoms. The predicted molar refractivity (Wildman–Crippen MR) is 72.5 cm³/mol. The fraction of sp³-hybridized carbons (Fsp3) is 0. The Bertz CT molecular complexity index is 453. The van der Waals surface area contributed by atoms with E-state index in [9.17, 15) is 0 Å². The van der Waals surface area contributed by atoms with Crippen LogP contribution < -0.4 is 11.5 Å². The molecule has 0 aliphatic rings. The Balaban J connectivity index is 2.32. The van der Waals surface area contributed by atoms with Gasteiger partial charge >= 0.3 is 0 Å². The number of rotatable bonds is 2. The zero-order valence-corrected chi connectivity index (χ0v) is 9.50. The fourth-order valence-corrected chi connectivity index (χ4v) is 1.71. The van der Waals surface area contributed by atoms with Gasteiger partial charge in [-0.25, -0.2) is 0 Å². The lowest BCUT2D eigenvalue weighted by molar-refractivity contribution is 1.61. The van der Waals surface area contributed by atoms with Gasteiger partial charge in [0.1, 0.15) is 0 Å². The van der Waals surface area contributed by atoms with E-state index in [-0.39, 0.29) is 0 Å². The summed E-state index contributed by atoms with van der Waals surface area (Å²) >= 11 is 5.39. The summed E-state index contributed by atoms with van der Waals surface area (Å²) < 4.78 is 0. The monoisotopic (exact) mass is 228 g/mol. The Morgan fingerprint density at radius 1 is 0.688 bits per heavy atom. The van der Waals surface area contributed by atoms with Crippen molar-refractivity contribution in [2.24, 2.45) is 0 Å². The molecule has 2 aromatic carbocycles. The molecule has 0 saturated carbocycles. The van der Waals surface area contributed by atoms with Crippen LogP contribution in [0.1, 0.15) is 11.1 Å². The largest absolute Gasteiger partial charge is 0.399 e. The van der Waals surface area contributed by atoms with Crippen molar-refractivity contribution in [2.75, 3.05) is 11.5 Å². The van der Waals surface area contributed by atoms with Crippen LogP contribution in [0, 0.1) is 0 Å². The van der Waals surface area contributed by atoms with Crippen LogP contribution in [-0.4, -0.2) is 4.86 Å². The van der Waals surface area contributed by atoms with Gasteiger partial charge in [-0.1, -0.05) is 36.5 Å². The quantitative estimate of drug-likeness (QED) is 0.472. The third-order valence-electron chi connectivity index (χ3n) is 2.35. The van der Waals surface area contributed by atoms with Crippen LogP contribution in [0.4, 0.5) is 11.4 Å². The molecular formula is C13H12N2S. The summed E-state index contributed by atoms with van der Waals surface area (Å²) in [6.45, 7) is 0. The SMILES string of the molecule is Nc1ccc(C(=S)c2ccc(N)cc2)cc1. The Labute approximate surface area is 99.9 Å². The molecule has 0 atom stereocenters. The summed E-state index contributed by atoms with van der Waals surface area (Å²) in [5.74, 6) is 0. The van der Waals surface area contributed by atoms with Gasteiger partial charge in [-0.05, 0) is 35.4 Å². The van der Waals surface area contributed by atoms with E-state index in [1.165, 1.54) is 0 Å². The molecule has 0 aromatic heterocycles. The fourth-order valence-electron chi connectivity index (χ4n) is 1.44. The van der Waals surface area contributed by atoms with Crippen LogP contribution >= 0.6 is 12.2 Å². The second kappa shape index (κ2) is 4.33. The van der Waals surface area contributed by atoms with Crippen LogP contribution in [0.5, 0.6) is 0 Å². The average Bonchev–Trinajstić information content (AvgIpc) is 2.30. The number of nitrogens with two attached hydrogens (primary N) is 2. The van der Waals surface area contributed by atoms with Crippen LogP contribution in [-0.2, 0) is 0 Å². The van der Waals surface area contributed by atoms with E-state index in [2.05, 4.69) is 0 Å². The highest BCUT2D eigenvalue weighted by Gasteiger charge is 2.03. The molecule has 0 spiro atoms. The van der Waals surface area contributed by atoms with Gasteiger partial charge in [-0.3, -0.25) is 0 Å². The van der Waals surface area contributed by atoms with Crippen molar-refractivity contribution in [1.29, 1.82) is 0 Å². The first-order chi connectivity index (χ1) is 7.66. The lowest BCUT2D eigenvalue weighted by Crippen LogP contribution is -2.00. The summed E-state index contributed by atoms with van der Waals surface area (Å²) in [5, 5.41) is 0. The van der Waals surface area contributed by atoms with Gasteiger partial charge in [0, 0.05) is 11.4 Å². The van der Waals surface area contributed by atoms with Crippen LogP contribution in [0.3, 0.4) is 0 Å². The molecule has 0 saturated heterocycles. The van der Waals surface area contributed by atoms with Gasteiger partial charge in [0.25, 0.3) is 0 Å². The van der Waals surface area contributed by atoms with Gasteiger partial charge in [-0.2, -0.15) is 0 Å². The normalized spacial score (nSPS) is 10.0. The minimum Gasteiger partial charge on any atom is -0.399 e. The van der Waals surface area contributed by atoms with E-state index in [0.29, 0.717) is 0 Å². The molecule has 0 aliphatic heterocycles. The van der Waals surface area contributed by atoms with E-state index < -0.39 is 0 Å². The lowest BCUT2D eigenvalue weighted by atomic mass is 10.0. The van der Waals surface area contributed by atoms with Gasteiger partial charge in [0.15, 0.2) is 0 Å². The molecule has 0 radical (unpaired) electrons. The third kappa shape index (κ3) is 2.20. The number of hydrogen-bond donors (Lipinski definition) is 2. The topological polar surface area (TPSA) is 52.0 Å². The Hall–Kier alpha value is -1.87. The zero-order chi connectivity index (χ0) is 11.5. The summed E-state index contributed by atoms with van der Waals surface area (Å²) in [4.78, 5) is 0.806. The number of thiocarbonyl (C=S) groups is 1. The molecule has 80 valence electrons. The van der Waals surface area contributed by atoms with Crippen molar-refractivity contribution >= 4 is 28.5 Å². The first-order valence-corrected chi connectivity index (χ1v) is 5.33. The van der Waals surface area contributed by atoms with Crippen molar-refractivity contribution in [3.8, 4) is 0 Å². The maximum atomic E-state index is 5.63. The molecule has 2 nitrogen and oxygen atoms in total. The number of nitrogen functional groups attached to an aromatic ring is 2. The van der Waals surface area contributed by atoms with Gasteiger partial charge < -0.3 is 11.5 Å². The molecule has 4 N–H and O–H groups in total. The van der Waals surface area contributed by atoms with Crippen molar-refractivity contribution in [1.82, 2.24) is 0 Å². The minimum atomic E-state index is 0.740. The third-order valence-corrected chi connectivity index (χ3v) is 2.82. The number of anilines is 2. The first-order valence-electron chi connectivity index (χ1n) is 4.92. The number of hydrogen-bond acceptors (Lipinski definition) is 3. The highest BCUT2D eigenvalue weighted by molar-refractivity contribution is 7.81. The van der Waals surface area contributed by atoms with Crippen molar-refractivity contribution in [3.05, 3.63) is 59.7 Å². The summed E-state index contributed by atoms with van der Waals surface area (Å²) in [6.07, 6.45) is 0. The minimum absolute atomic E-state index is 0.740. The second-order valence-electron chi connectivity index (χ2n) is 3.57. The molecule has 2 aromatic rings. The molecule has 0 heterocycles.